The Bertz CT molecular complexity index is 722. The summed E-state index contributed by atoms with van der Waals surface area (Å²) in [7, 11) is -3.27. The third-order valence-electron chi connectivity index (χ3n) is 2.16. The van der Waals surface area contributed by atoms with Crippen LogP contribution in [0.15, 0.2) is 28.7 Å². The van der Waals surface area contributed by atoms with Gasteiger partial charge in [0, 0.05) is 24.0 Å². The highest BCUT2D eigenvalue weighted by Gasteiger charge is 2.15. The average molecular weight is 283 g/mol. The van der Waals surface area contributed by atoms with Gasteiger partial charge in [-0.15, -0.1) is 10.2 Å². The van der Waals surface area contributed by atoms with Crippen LogP contribution in [0.25, 0.3) is 11.5 Å². The maximum Gasteiger partial charge on any atom is 0.270 e. The van der Waals surface area contributed by atoms with Crippen LogP contribution in [0.2, 0.25) is 0 Å². The second kappa shape index (κ2) is 4.76. The van der Waals surface area contributed by atoms with Gasteiger partial charge in [0.25, 0.3) is 5.69 Å². The van der Waals surface area contributed by atoms with Crippen LogP contribution in [0, 0.1) is 10.1 Å². The minimum Gasteiger partial charge on any atom is -0.420 e. The molecule has 1 aromatic carbocycles. The van der Waals surface area contributed by atoms with Crippen LogP contribution in [0.3, 0.4) is 0 Å². The molecule has 0 spiro atoms. The fourth-order valence-electron chi connectivity index (χ4n) is 1.41. The first-order chi connectivity index (χ1) is 8.85. The Morgan fingerprint density at radius 3 is 2.74 bits per heavy atom. The van der Waals surface area contributed by atoms with Crippen molar-refractivity contribution in [1.82, 2.24) is 10.2 Å². The Labute approximate surface area is 108 Å². The summed E-state index contributed by atoms with van der Waals surface area (Å²) in [6.45, 7) is 0. The Balaban J connectivity index is 2.33. The molecule has 0 saturated carbocycles. The van der Waals surface area contributed by atoms with Gasteiger partial charge >= 0.3 is 0 Å². The number of aromatic nitrogens is 2. The molecule has 0 fully saturated rings. The number of nitrogens with zero attached hydrogens (tertiary/aromatic N) is 3. The molecule has 2 rings (SSSR count). The van der Waals surface area contributed by atoms with Crippen LogP contribution in [0.5, 0.6) is 0 Å². The first-order valence-electron chi connectivity index (χ1n) is 5.10. The molecular weight excluding hydrogens is 274 g/mol. The number of hydrogen-bond acceptors (Lipinski definition) is 7. The second-order valence-electron chi connectivity index (χ2n) is 3.88. The van der Waals surface area contributed by atoms with E-state index in [1.54, 1.807) is 6.07 Å². The molecule has 2 aromatic rings. The zero-order valence-electron chi connectivity index (χ0n) is 9.81. The van der Waals surface area contributed by atoms with Crippen molar-refractivity contribution in [2.75, 3.05) is 6.26 Å². The molecule has 0 aliphatic carbocycles. The predicted octanol–water partition coefficient (Wildman–Crippen LogP) is 1.19. The lowest BCUT2D eigenvalue weighted by molar-refractivity contribution is -0.384. The molecule has 100 valence electrons. The van der Waals surface area contributed by atoms with Crippen molar-refractivity contribution in [3.05, 3.63) is 40.3 Å². The first-order valence-corrected chi connectivity index (χ1v) is 7.16. The van der Waals surface area contributed by atoms with E-state index in [2.05, 4.69) is 10.2 Å². The van der Waals surface area contributed by atoms with Gasteiger partial charge in [0.1, 0.15) is 5.75 Å². The summed E-state index contributed by atoms with van der Waals surface area (Å²) in [6.07, 6.45) is 1.05. The van der Waals surface area contributed by atoms with E-state index in [1.165, 1.54) is 18.2 Å². The highest BCUT2D eigenvalue weighted by atomic mass is 32.2. The lowest BCUT2D eigenvalue weighted by Gasteiger charge is -1.95. The largest absolute Gasteiger partial charge is 0.420 e. The molecule has 8 nitrogen and oxygen atoms in total. The van der Waals surface area contributed by atoms with Crippen molar-refractivity contribution < 1.29 is 17.8 Å². The summed E-state index contributed by atoms with van der Waals surface area (Å²) in [6, 6.07) is 5.65. The number of rotatable bonds is 4. The number of non-ortho nitro benzene ring substituents is 1. The van der Waals surface area contributed by atoms with Gasteiger partial charge < -0.3 is 4.42 Å². The maximum absolute atomic E-state index is 11.1. The molecule has 0 unspecified atom stereocenters. The molecule has 0 N–H and O–H groups in total. The van der Waals surface area contributed by atoms with Crippen LogP contribution in [-0.4, -0.2) is 29.8 Å². The van der Waals surface area contributed by atoms with Crippen molar-refractivity contribution in [3.8, 4) is 11.5 Å². The van der Waals surface area contributed by atoms with Crippen LogP contribution in [-0.2, 0) is 15.6 Å². The van der Waals surface area contributed by atoms with E-state index in [9.17, 15) is 18.5 Å². The number of hydrogen-bond donors (Lipinski definition) is 0. The van der Waals surface area contributed by atoms with E-state index in [-0.39, 0.29) is 23.2 Å². The quantitative estimate of drug-likeness (QED) is 0.611. The predicted molar refractivity (Wildman–Crippen MR) is 64.9 cm³/mol. The maximum atomic E-state index is 11.1. The van der Waals surface area contributed by atoms with Gasteiger partial charge in [0.15, 0.2) is 9.84 Å². The molecule has 0 amide bonds. The van der Waals surface area contributed by atoms with Gasteiger partial charge in [-0.3, -0.25) is 10.1 Å². The third kappa shape index (κ3) is 3.35. The molecular formula is C10H9N3O5S. The molecule has 0 radical (unpaired) electrons. The normalized spacial score (nSPS) is 11.4. The first kappa shape index (κ1) is 13.1. The van der Waals surface area contributed by atoms with E-state index in [4.69, 9.17) is 4.42 Å². The Morgan fingerprint density at radius 2 is 2.11 bits per heavy atom. The lowest BCUT2D eigenvalue weighted by atomic mass is 10.2. The van der Waals surface area contributed by atoms with Crippen LogP contribution >= 0.6 is 0 Å². The lowest BCUT2D eigenvalue weighted by Crippen LogP contribution is -2.00. The average Bonchev–Trinajstić information content (AvgIpc) is 2.75. The highest BCUT2D eigenvalue weighted by molar-refractivity contribution is 7.89. The summed E-state index contributed by atoms with van der Waals surface area (Å²) < 4.78 is 27.3. The fraction of sp³-hybridized carbons (Fsp3) is 0.200. The molecule has 0 aliphatic heterocycles. The monoisotopic (exact) mass is 283 g/mol. The molecule has 0 aliphatic rings. The van der Waals surface area contributed by atoms with Crippen molar-refractivity contribution >= 4 is 15.5 Å². The Hall–Kier alpha value is -2.29. The molecule has 1 aromatic heterocycles. The van der Waals surface area contributed by atoms with Crippen molar-refractivity contribution in [2.24, 2.45) is 0 Å². The van der Waals surface area contributed by atoms with E-state index in [0.29, 0.717) is 5.56 Å². The molecule has 0 saturated heterocycles. The van der Waals surface area contributed by atoms with Crippen molar-refractivity contribution in [1.29, 1.82) is 0 Å². The van der Waals surface area contributed by atoms with E-state index in [0.717, 1.165) is 6.26 Å². The fourth-order valence-corrected chi connectivity index (χ4v) is 1.97. The summed E-state index contributed by atoms with van der Waals surface area (Å²) >= 11 is 0. The highest BCUT2D eigenvalue weighted by Crippen LogP contribution is 2.22. The summed E-state index contributed by atoms with van der Waals surface area (Å²) in [4.78, 5) is 10.1. The summed E-state index contributed by atoms with van der Waals surface area (Å²) in [5, 5.41) is 17.9. The number of benzene rings is 1. The standard InChI is InChI=1S/C10H9N3O5S/c1-19(16,17)6-9-11-12-10(18-9)7-3-2-4-8(5-7)13(14)15/h2-5H,6H2,1H3. The van der Waals surface area contributed by atoms with Gasteiger partial charge in [0.05, 0.1) is 4.92 Å². The Kier molecular flexibility index (Phi) is 3.30. The summed E-state index contributed by atoms with van der Waals surface area (Å²) in [5.74, 6) is -0.374. The van der Waals surface area contributed by atoms with Gasteiger partial charge in [-0.1, -0.05) is 6.07 Å². The zero-order chi connectivity index (χ0) is 14.0. The van der Waals surface area contributed by atoms with Gasteiger partial charge in [0.2, 0.25) is 11.8 Å². The number of sulfone groups is 1. The van der Waals surface area contributed by atoms with Crippen LogP contribution < -0.4 is 0 Å². The number of nitro benzene ring substituents is 1. The van der Waals surface area contributed by atoms with Gasteiger partial charge in [-0.2, -0.15) is 0 Å². The topological polar surface area (TPSA) is 116 Å². The van der Waals surface area contributed by atoms with Crippen LogP contribution in [0.4, 0.5) is 5.69 Å². The minimum absolute atomic E-state index is 0.0438. The molecule has 0 atom stereocenters. The second-order valence-corrected chi connectivity index (χ2v) is 6.02. The molecule has 9 heteroatoms. The van der Waals surface area contributed by atoms with E-state index >= 15 is 0 Å². The van der Waals surface area contributed by atoms with Gasteiger partial charge in [-0.05, 0) is 6.07 Å². The van der Waals surface area contributed by atoms with E-state index < -0.39 is 14.8 Å². The summed E-state index contributed by atoms with van der Waals surface area (Å²) in [5.41, 5.74) is 0.252. The van der Waals surface area contributed by atoms with Crippen molar-refractivity contribution in [2.45, 2.75) is 5.75 Å². The molecule has 0 bridgehead atoms. The molecule has 19 heavy (non-hydrogen) atoms. The van der Waals surface area contributed by atoms with Crippen LogP contribution in [0.1, 0.15) is 5.89 Å². The smallest absolute Gasteiger partial charge is 0.270 e. The molecule has 1 heterocycles. The third-order valence-corrected chi connectivity index (χ3v) is 2.93. The SMILES string of the molecule is CS(=O)(=O)Cc1nnc(-c2cccc([N+](=O)[O-])c2)o1. The van der Waals surface area contributed by atoms with E-state index in [1.807, 2.05) is 0 Å². The zero-order valence-corrected chi connectivity index (χ0v) is 10.6. The van der Waals surface area contributed by atoms with Crippen molar-refractivity contribution in [3.63, 3.8) is 0 Å². The number of nitro groups is 1. The minimum atomic E-state index is -3.27. The Morgan fingerprint density at radius 1 is 1.37 bits per heavy atom. The van der Waals surface area contributed by atoms with Gasteiger partial charge in [-0.25, -0.2) is 8.42 Å².